The number of pyridine rings is 1. The molecule has 3 aromatic heterocycles. The first-order valence-corrected chi connectivity index (χ1v) is 10.6. The standard InChI is InChI=1S/C22H20N6OS/c23-21-20(22-24-16(14-30-22)15-7-2-1-3-8-15)17(29)13-27(21)11-6-10-19-26-25-18-9-4-5-12-28(18)19/h1-5,7-9,12,14,23,29H,6,10-11,13H2. The third kappa shape index (κ3) is 3.35. The van der Waals surface area contributed by atoms with Crippen LogP contribution in [0.5, 0.6) is 0 Å². The molecule has 0 aliphatic carbocycles. The van der Waals surface area contributed by atoms with Crippen LogP contribution in [-0.4, -0.2) is 48.5 Å². The zero-order chi connectivity index (χ0) is 20.5. The summed E-state index contributed by atoms with van der Waals surface area (Å²) in [4.78, 5) is 6.55. The molecule has 7 nitrogen and oxygen atoms in total. The number of amidine groups is 1. The lowest BCUT2D eigenvalue weighted by molar-refractivity contribution is 0.347. The minimum absolute atomic E-state index is 0.210. The van der Waals surface area contributed by atoms with Crippen LogP contribution in [0.2, 0.25) is 0 Å². The lowest BCUT2D eigenvalue weighted by atomic mass is 10.2. The molecule has 0 fully saturated rings. The molecular weight excluding hydrogens is 396 g/mol. The van der Waals surface area contributed by atoms with Crippen LogP contribution in [0.25, 0.3) is 22.5 Å². The predicted molar refractivity (Wildman–Crippen MR) is 118 cm³/mol. The molecule has 1 aliphatic rings. The van der Waals surface area contributed by atoms with E-state index >= 15 is 0 Å². The summed E-state index contributed by atoms with van der Waals surface area (Å²) in [6, 6.07) is 15.8. The van der Waals surface area contributed by atoms with E-state index in [0.717, 1.165) is 35.6 Å². The van der Waals surface area contributed by atoms with Crippen LogP contribution in [-0.2, 0) is 6.42 Å². The molecule has 30 heavy (non-hydrogen) atoms. The van der Waals surface area contributed by atoms with Crippen molar-refractivity contribution >= 4 is 28.4 Å². The second-order valence-corrected chi connectivity index (χ2v) is 8.00. The minimum Gasteiger partial charge on any atom is -0.510 e. The van der Waals surface area contributed by atoms with Crippen LogP contribution in [0.1, 0.15) is 17.3 Å². The molecule has 2 N–H and O–H groups in total. The van der Waals surface area contributed by atoms with Crippen molar-refractivity contribution in [2.45, 2.75) is 12.8 Å². The van der Waals surface area contributed by atoms with Gasteiger partial charge < -0.3 is 10.0 Å². The summed E-state index contributed by atoms with van der Waals surface area (Å²) in [5, 5.41) is 30.2. The topological polar surface area (TPSA) is 90.4 Å². The van der Waals surface area contributed by atoms with Crippen molar-refractivity contribution in [2.75, 3.05) is 13.1 Å². The number of rotatable bonds is 6. The fraction of sp³-hybridized carbons (Fsp3) is 0.182. The second kappa shape index (κ2) is 7.72. The molecular formula is C22H20N6OS. The fourth-order valence-corrected chi connectivity index (χ4v) is 4.56. The van der Waals surface area contributed by atoms with E-state index in [-0.39, 0.29) is 5.76 Å². The van der Waals surface area contributed by atoms with E-state index in [1.54, 1.807) is 0 Å². The summed E-state index contributed by atoms with van der Waals surface area (Å²) >= 11 is 1.46. The minimum atomic E-state index is 0.210. The van der Waals surface area contributed by atoms with Gasteiger partial charge in [-0.15, -0.1) is 21.5 Å². The van der Waals surface area contributed by atoms with Gasteiger partial charge in [0.25, 0.3) is 0 Å². The monoisotopic (exact) mass is 416 g/mol. The molecule has 0 saturated heterocycles. The Hall–Kier alpha value is -3.52. The molecule has 8 heteroatoms. The van der Waals surface area contributed by atoms with Crippen molar-refractivity contribution in [2.24, 2.45) is 0 Å². The summed E-state index contributed by atoms with van der Waals surface area (Å²) in [5.74, 6) is 1.44. The number of aliphatic hydroxyl groups is 1. The molecule has 1 aliphatic heterocycles. The Kier molecular flexibility index (Phi) is 4.76. The van der Waals surface area contributed by atoms with Gasteiger partial charge >= 0.3 is 0 Å². The van der Waals surface area contributed by atoms with Crippen LogP contribution < -0.4 is 0 Å². The SMILES string of the molecule is N=C1C(c2nc(-c3ccccc3)cs2)=C(O)CN1CCCc1nnc2ccccn12. The van der Waals surface area contributed by atoms with Gasteiger partial charge in [-0.25, -0.2) is 4.98 Å². The van der Waals surface area contributed by atoms with Crippen molar-refractivity contribution in [3.05, 3.63) is 76.7 Å². The largest absolute Gasteiger partial charge is 0.510 e. The molecule has 150 valence electrons. The van der Waals surface area contributed by atoms with E-state index in [2.05, 4.69) is 15.2 Å². The van der Waals surface area contributed by atoms with Crippen molar-refractivity contribution in [1.82, 2.24) is 24.5 Å². The third-order valence-corrected chi connectivity index (χ3v) is 6.04. The van der Waals surface area contributed by atoms with Crippen LogP contribution >= 0.6 is 11.3 Å². The van der Waals surface area contributed by atoms with Crippen LogP contribution in [0.3, 0.4) is 0 Å². The molecule has 0 unspecified atom stereocenters. The smallest absolute Gasteiger partial charge is 0.160 e. The normalized spacial score (nSPS) is 14.3. The maximum Gasteiger partial charge on any atom is 0.160 e. The Morgan fingerprint density at radius 3 is 2.77 bits per heavy atom. The molecule has 0 amide bonds. The van der Waals surface area contributed by atoms with Crippen LogP contribution in [0.4, 0.5) is 0 Å². The van der Waals surface area contributed by atoms with Gasteiger partial charge in [-0.2, -0.15) is 0 Å². The first kappa shape index (κ1) is 18.5. The molecule has 0 atom stereocenters. The highest BCUT2D eigenvalue weighted by Gasteiger charge is 2.30. The summed E-state index contributed by atoms with van der Waals surface area (Å²) in [5.41, 5.74) is 3.26. The lowest BCUT2D eigenvalue weighted by Crippen LogP contribution is -2.28. The van der Waals surface area contributed by atoms with Crippen molar-refractivity contribution in [1.29, 1.82) is 5.41 Å². The van der Waals surface area contributed by atoms with E-state index in [1.807, 2.05) is 69.4 Å². The van der Waals surface area contributed by atoms with Gasteiger partial charge in [-0.3, -0.25) is 9.81 Å². The molecule has 0 radical (unpaired) electrons. The molecule has 4 heterocycles. The first-order chi connectivity index (χ1) is 14.7. The number of aliphatic hydroxyl groups excluding tert-OH is 1. The molecule has 0 spiro atoms. The zero-order valence-electron chi connectivity index (χ0n) is 16.2. The number of aryl methyl sites for hydroxylation is 1. The van der Waals surface area contributed by atoms with Crippen molar-refractivity contribution < 1.29 is 5.11 Å². The highest BCUT2D eigenvalue weighted by Crippen LogP contribution is 2.32. The summed E-state index contributed by atoms with van der Waals surface area (Å²) in [7, 11) is 0. The molecule has 5 rings (SSSR count). The van der Waals surface area contributed by atoms with Crippen LogP contribution in [0, 0.1) is 5.41 Å². The fourth-order valence-electron chi connectivity index (χ4n) is 3.67. The maximum absolute atomic E-state index is 10.5. The summed E-state index contributed by atoms with van der Waals surface area (Å²) in [6.07, 6.45) is 3.52. The maximum atomic E-state index is 10.5. The quantitative estimate of drug-likeness (QED) is 0.495. The van der Waals surface area contributed by atoms with Gasteiger partial charge in [0.05, 0.1) is 17.8 Å². The Morgan fingerprint density at radius 1 is 1.07 bits per heavy atom. The van der Waals surface area contributed by atoms with E-state index in [0.29, 0.717) is 29.5 Å². The zero-order valence-corrected chi connectivity index (χ0v) is 17.0. The highest BCUT2D eigenvalue weighted by atomic mass is 32.1. The third-order valence-electron chi connectivity index (χ3n) is 5.18. The number of thiazole rings is 1. The van der Waals surface area contributed by atoms with E-state index < -0.39 is 0 Å². The van der Waals surface area contributed by atoms with Gasteiger partial charge in [-0.1, -0.05) is 36.4 Å². The Labute approximate surface area is 177 Å². The number of hydrogen-bond donors (Lipinski definition) is 2. The van der Waals surface area contributed by atoms with Gasteiger partial charge in [0, 0.05) is 30.1 Å². The molecule has 0 saturated carbocycles. The predicted octanol–water partition coefficient (Wildman–Crippen LogP) is 4.05. The Bertz CT molecular complexity index is 1240. The summed E-state index contributed by atoms with van der Waals surface area (Å²) < 4.78 is 1.98. The molecule has 1 aromatic carbocycles. The highest BCUT2D eigenvalue weighted by molar-refractivity contribution is 7.11. The van der Waals surface area contributed by atoms with E-state index in [9.17, 15) is 5.11 Å². The van der Waals surface area contributed by atoms with Gasteiger partial charge in [0.2, 0.25) is 0 Å². The van der Waals surface area contributed by atoms with Gasteiger partial charge in [0.15, 0.2) is 5.65 Å². The van der Waals surface area contributed by atoms with E-state index in [1.165, 1.54) is 11.3 Å². The van der Waals surface area contributed by atoms with Crippen LogP contribution in [0.15, 0.2) is 65.9 Å². The number of aromatic nitrogens is 4. The number of nitrogens with one attached hydrogen (secondary N) is 1. The van der Waals surface area contributed by atoms with Gasteiger partial charge in [0.1, 0.15) is 22.4 Å². The Morgan fingerprint density at radius 2 is 1.90 bits per heavy atom. The Balaban J connectivity index is 1.26. The number of benzene rings is 1. The first-order valence-electron chi connectivity index (χ1n) is 9.76. The van der Waals surface area contributed by atoms with E-state index in [4.69, 9.17) is 5.41 Å². The average Bonchev–Trinajstić information content (AvgIpc) is 3.47. The molecule has 0 bridgehead atoms. The molecule has 4 aromatic rings. The number of fused-ring (bicyclic) bond motifs is 1. The lowest BCUT2D eigenvalue weighted by Gasteiger charge is -2.17. The summed E-state index contributed by atoms with van der Waals surface area (Å²) in [6.45, 7) is 1.00. The van der Waals surface area contributed by atoms with Gasteiger partial charge in [-0.05, 0) is 18.6 Å². The average molecular weight is 417 g/mol. The second-order valence-electron chi connectivity index (χ2n) is 7.14. The number of hydrogen-bond acceptors (Lipinski definition) is 6. The van der Waals surface area contributed by atoms with Crippen molar-refractivity contribution in [3.63, 3.8) is 0 Å². The van der Waals surface area contributed by atoms with Crippen molar-refractivity contribution in [3.8, 4) is 11.3 Å². The number of nitrogens with zero attached hydrogens (tertiary/aromatic N) is 5.